The third kappa shape index (κ3) is 7.54. The highest BCUT2D eigenvalue weighted by Crippen LogP contribution is 2.49. The van der Waals surface area contributed by atoms with Crippen LogP contribution in [0.5, 0.6) is 23.0 Å². The smallest absolute Gasteiger partial charge is 0.348 e. The quantitative estimate of drug-likeness (QED) is 0.0586. The normalized spacial score (nSPS) is 12.7. The maximum Gasteiger partial charge on any atom is 0.348 e. The lowest BCUT2D eigenvalue weighted by Gasteiger charge is -2.31. The molecule has 46 heavy (non-hydrogen) atoms. The van der Waals surface area contributed by atoms with Gasteiger partial charge in [0.25, 0.3) is 0 Å². The van der Waals surface area contributed by atoms with Crippen LogP contribution in [0.4, 0.5) is 5.69 Å². The van der Waals surface area contributed by atoms with E-state index in [9.17, 15) is 19.8 Å². The lowest BCUT2D eigenvalue weighted by Crippen LogP contribution is -2.28. The second-order valence-corrected chi connectivity index (χ2v) is 11.8. The molecule has 0 atom stereocenters. The first-order valence-corrected chi connectivity index (χ1v) is 15.1. The number of nitrogens with two attached hydrogens (primary N) is 1. The fraction of sp³-hybridized carbons (Fsp3) is 0.297. The summed E-state index contributed by atoms with van der Waals surface area (Å²) in [6.45, 7) is 10.4. The average molecular weight is 628 g/mol. The van der Waals surface area contributed by atoms with Gasteiger partial charge in [-0.15, -0.1) is 0 Å². The zero-order chi connectivity index (χ0) is 33.6. The van der Waals surface area contributed by atoms with E-state index in [1.807, 2.05) is 39.8 Å². The van der Waals surface area contributed by atoms with Crippen molar-refractivity contribution in [3.63, 3.8) is 0 Å². The zero-order valence-corrected chi connectivity index (χ0v) is 27.1. The maximum absolute atomic E-state index is 12.9. The number of rotatable bonds is 8. The van der Waals surface area contributed by atoms with Crippen molar-refractivity contribution in [1.82, 2.24) is 0 Å². The average Bonchev–Trinajstić information content (AvgIpc) is 3.01. The monoisotopic (exact) mass is 627 g/mol. The van der Waals surface area contributed by atoms with Crippen molar-refractivity contribution in [3.05, 3.63) is 93.4 Å². The molecule has 3 aromatic carbocycles. The van der Waals surface area contributed by atoms with Gasteiger partial charge in [-0.1, -0.05) is 37.1 Å². The molecule has 5 rings (SSSR count). The Morgan fingerprint density at radius 2 is 1.72 bits per heavy atom. The predicted molar refractivity (Wildman–Crippen MR) is 181 cm³/mol. The number of esters is 1. The molecule has 0 amide bonds. The highest BCUT2D eigenvalue weighted by molar-refractivity contribution is 6.02. The van der Waals surface area contributed by atoms with Gasteiger partial charge in [-0.05, 0) is 94.7 Å². The number of phenolic OH excluding ortho intramolecular Hbond substituents is 1. The van der Waals surface area contributed by atoms with Crippen molar-refractivity contribution >= 4 is 28.7 Å². The molecule has 1 aliphatic rings. The summed E-state index contributed by atoms with van der Waals surface area (Å²) in [5.74, 6) is 0.499. The number of methoxy groups -OCH3 is 1. The number of ether oxygens (including phenoxy) is 3. The second-order valence-electron chi connectivity index (χ2n) is 11.8. The highest BCUT2D eigenvalue weighted by atomic mass is 16.5. The summed E-state index contributed by atoms with van der Waals surface area (Å²) < 4.78 is 22.8. The number of nitrogen functional groups attached to an aromatic ring is 1. The van der Waals surface area contributed by atoms with Crippen LogP contribution in [0.15, 0.2) is 75.5 Å². The molecule has 242 valence electrons. The summed E-state index contributed by atoms with van der Waals surface area (Å²) in [7, 11) is 1.52. The van der Waals surface area contributed by atoms with E-state index in [1.54, 1.807) is 36.4 Å². The van der Waals surface area contributed by atoms with Gasteiger partial charge < -0.3 is 34.6 Å². The van der Waals surface area contributed by atoms with E-state index in [-0.39, 0.29) is 28.6 Å². The molecule has 9 nitrogen and oxygen atoms in total. The minimum atomic E-state index is -0.694. The standard InChI is InChI=1S/C26H26O6.C11H15NO2/c1-14(2)6-11-17-22-18(12-13-26(3,4)32-22)24-20(23(17)30-5)21(28)19(25(29)31-24)15-7-9-16(27)10-8-15;1-2-3-8-14-11(13)9-4-6-10(12)7-5-9/h6-10,12-13,27-28H,11H2,1-5H3;4-7H,2-3,8,12H2,1H3. The minimum absolute atomic E-state index is 0.00458. The number of carbonyl (C=O) groups excluding carboxylic acids is 1. The number of aromatic hydroxyl groups is 2. The predicted octanol–water partition coefficient (Wildman–Crippen LogP) is 7.80. The number of carbonyl (C=O) groups is 1. The van der Waals surface area contributed by atoms with Gasteiger partial charge in [0.1, 0.15) is 39.5 Å². The van der Waals surface area contributed by atoms with Crippen LogP contribution >= 0.6 is 0 Å². The number of phenols is 1. The molecule has 4 aromatic rings. The molecule has 1 aromatic heterocycles. The fourth-order valence-electron chi connectivity index (χ4n) is 4.90. The molecule has 0 fully saturated rings. The molecular formula is C37H41NO8. The molecule has 0 aliphatic carbocycles. The van der Waals surface area contributed by atoms with E-state index in [0.29, 0.717) is 52.3 Å². The largest absolute Gasteiger partial charge is 0.508 e. The SMILES string of the molecule is CCCCOC(=O)c1ccc(N)cc1.COc1c(CC=C(C)C)c2c(c3oc(=O)c(-c4ccc(O)cc4)c(O)c13)C=CC(C)(C)O2. The molecule has 0 spiro atoms. The second kappa shape index (κ2) is 14.3. The summed E-state index contributed by atoms with van der Waals surface area (Å²) in [6.07, 6.45) is 8.23. The number of allylic oxidation sites excluding steroid dienone is 2. The Balaban J connectivity index is 0.000000288. The van der Waals surface area contributed by atoms with Crippen LogP contribution in [-0.2, 0) is 11.2 Å². The highest BCUT2D eigenvalue weighted by Gasteiger charge is 2.32. The molecule has 1 aliphatic heterocycles. The van der Waals surface area contributed by atoms with E-state index in [0.717, 1.165) is 24.0 Å². The Hall–Kier alpha value is -5.18. The van der Waals surface area contributed by atoms with Crippen molar-refractivity contribution in [2.75, 3.05) is 19.5 Å². The van der Waals surface area contributed by atoms with Gasteiger partial charge in [-0.2, -0.15) is 0 Å². The van der Waals surface area contributed by atoms with Gasteiger partial charge in [-0.25, -0.2) is 9.59 Å². The summed E-state index contributed by atoms with van der Waals surface area (Å²) in [5, 5.41) is 21.2. The first kappa shape index (κ1) is 33.7. The van der Waals surface area contributed by atoms with E-state index >= 15 is 0 Å². The van der Waals surface area contributed by atoms with Gasteiger partial charge in [0.15, 0.2) is 5.58 Å². The molecule has 4 N–H and O–H groups in total. The Morgan fingerprint density at radius 1 is 1.04 bits per heavy atom. The van der Waals surface area contributed by atoms with Gasteiger partial charge in [-0.3, -0.25) is 0 Å². The first-order chi connectivity index (χ1) is 21.9. The van der Waals surface area contributed by atoms with Crippen LogP contribution in [0.3, 0.4) is 0 Å². The van der Waals surface area contributed by atoms with Crippen LogP contribution in [0.2, 0.25) is 0 Å². The van der Waals surface area contributed by atoms with Gasteiger partial charge in [0.2, 0.25) is 0 Å². The Morgan fingerprint density at radius 3 is 2.33 bits per heavy atom. The van der Waals surface area contributed by atoms with Crippen molar-refractivity contribution in [2.24, 2.45) is 0 Å². The van der Waals surface area contributed by atoms with Crippen molar-refractivity contribution in [1.29, 1.82) is 0 Å². The lowest BCUT2D eigenvalue weighted by molar-refractivity contribution is 0.0499. The summed E-state index contributed by atoms with van der Waals surface area (Å²) >= 11 is 0. The minimum Gasteiger partial charge on any atom is -0.508 e. The van der Waals surface area contributed by atoms with Gasteiger partial charge >= 0.3 is 11.6 Å². The third-order valence-electron chi connectivity index (χ3n) is 7.33. The number of hydrogen-bond acceptors (Lipinski definition) is 9. The van der Waals surface area contributed by atoms with E-state index < -0.39 is 11.2 Å². The third-order valence-corrected chi connectivity index (χ3v) is 7.33. The number of anilines is 1. The van der Waals surface area contributed by atoms with E-state index in [1.165, 1.54) is 19.2 Å². The Kier molecular flexibility index (Phi) is 10.5. The van der Waals surface area contributed by atoms with Crippen molar-refractivity contribution in [2.45, 2.75) is 59.5 Å². The molecule has 9 heteroatoms. The summed E-state index contributed by atoms with van der Waals surface area (Å²) in [5.41, 5.74) is 8.55. The first-order valence-electron chi connectivity index (χ1n) is 15.1. The lowest BCUT2D eigenvalue weighted by atomic mass is 9.93. The maximum atomic E-state index is 12.9. The fourth-order valence-corrected chi connectivity index (χ4v) is 4.90. The van der Waals surface area contributed by atoms with Crippen molar-refractivity contribution in [3.8, 4) is 34.1 Å². The van der Waals surface area contributed by atoms with E-state index in [4.69, 9.17) is 24.4 Å². The Labute approximate surface area is 268 Å². The van der Waals surface area contributed by atoms with Crippen LogP contribution < -0.4 is 20.8 Å². The molecule has 2 heterocycles. The van der Waals surface area contributed by atoms with Gasteiger partial charge in [0.05, 0.1) is 24.8 Å². The summed E-state index contributed by atoms with van der Waals surface area (Å²) in [4.78, 5) is 24.3. The molecule has 0 bridgehead atoms. The van der Waals surface area contributed by atoms with Crippen LogP contribution in [0.25, 0.3) is 28.2 Å². The van der Waals surface area contributed by atoms with Gasteiger partial charge in [0, 0.05) is 11.3 Å². The molecule has 0 radical (unpaired) electrons. The Bertz CT molecular complexity index is 1830. The van der Waals surface area contributed by atoms with Crippen molar-refractivity contribution < 1.29 is 33.6 Å². The molecule has 0 saturated heterocycles. The molecule has 0 unspecified atom stereocenters. The zero-order valence-electron chi connectivity index (χ0n) is 27.1. The molecule has 0 saturated carbocycles. The number of unbranched alkanes of at least 4 members (excludes halogenated alkanes) is 1. The number of benzene rings is 3. The van der Waals surface area contributed by atoms with Crippen LogP contribution in [-0.4, -0.2) is 35.5 Å². The van der Waals surface area contributed by atoms with Crippen LogP contribution in [0.1, 0.15) is 68.9 Å². The summed E-state index contributed by atoms with van der Waals surface area (Å²) in [6, 6.07) is 12.7. The number of hydrogen-bond donors (Lipinski definition) is 3. The number of fused-ring (bicyclic) bond motifs is 3. The van der Waals surface area contributed by atoms with E-state index in [2.05, 4.69) is 13.0 Å². The molecular weight excluding hydrogens is 586 g/mol. The topological polar surface area (TPSA) is 141 Å². The van der Waals surface area contributed by atoms with Crippen LogP contribution in [0, 0.1) is 0 Å².